The van der Waals surface area contributed by atoms with E-state index >= 15 is 0 Å². The minimum atomic E-state index is -1.79. The van der Waals surface area contributed by atoms with Crippen molar-refractivity contribution in [1.29, 1.82) is 0 Å². The standard InChI is InChI=1S/C12H18BrN2PS/c1-14(2)16(17,15(3)4)10-12(13)11-8-6-5-7-9-11/h5-10H,1-4H3/b12-10+. The molecule has 0 spiro atoms. The maximum atomic E-state index is 5.78. The van der Waals surface area contributed by atoms with Gasteiger partial charge in [0.15, 0.2) is 0 Å². The normalized spacial score (nSPS) is 13.5. The summed E-state index contributed by atoms with van der Waals surface area (Å²) >= 11 is 9.41. The molecule has 2 nitrogen and oxygen atoms in total. The van der Waals surface area contributed by atoms with Gasteiger partial charge in [0.1, 0.15) is 0 Å². The van der Waals surface area contributed by atoms with E-state index in [1.165, 1.54) is 0 Å². The van der Waals surface area contributed by atoms with Crippen LogP contribution in [0.1, 0.15) is 5.56 Å². The first-order chi connectivity index (χ1) is 7.88. The average molecular weight is 333 g/mol. The highest BCUT2D eigenvalue weighted by molar-refractivity contribution is 9.15. The van der Waals surface area contributed by atoms with Crippen molar-refractivity contribution < 1.29 is 0 Å². The fourth-order valence-electron chi connectivity index (χ4n) is 1.41. The molecule has 1 aromatic carbocycles. The van der Waals surface area contributed by atoms with Crippen LogP contribution in [0.2, 0.25) is 0 Å². The third kappa shape index (κ3) is 3.73. The van der Waals surface area contributed by atoms with E-state index < -0.39 is 6.34 Å². The van der Waals surface area contributed by atoms with Gasteiger partial charge in [-0.2, -0.15) is 0 Å². The molecular weight excluding hydrogens is 315 g/mol. The molecule has 0 unspecified atom stereocenters. The molecule has 0 saturated heterocycles. The molecule has 0 saturated carbocycles. The van der Waals surface area contributed by atoms with Crippen molar-refractivity contribution in [3.8, 4) is 0 Å². The molecule has 0 aliphatic heterocycles. The predicted molar refractivity (Wildman–Crippen MR) is 85.0 cm³/mol. The smallest absolute Gasteiger partial charge is 0.0996 e. The first-order valence-corrected chi connectivity index (χ1v) is 8.84. The van der Waals surface area contributed by atoms with Gasteiger partial charge < -0.3 is 0 Å². The lowest BCUT2D eigenvalue weighted by Crippen LogP contribution is -2.19. The topological polar surface area (TPSA) is 6.48 Å². The zero-order valence-electron chi connectivity index (χ0n) is 10.6. The van der Waals surface area contributed by atoms with E-state index in [0.717, 1.165) is 10.0 Å². The molecule has 0 bridgehead atoms. The van der Waals surface area contributed by atoms with E-state index in [1.54, 1.807) is 0 Å². The Hall–Kier alpha value is 0.01000. The minimum Gasteiger partial charge on any atom is -0.267 e. The van der Waals surface area contributed by atoms with Gasteiger partial charge in [-0.1, -0.05) is 58.1 Å². The zero-order valence-corrected chi connectivity index (χ0v) is 13.9. The Morgan fingerprint density at radius 2 is 1.59 bits per heavy atom. The highest BCUT2D eigenvalue weighted by Gasteiger charge is 2.20. The number of rotatable bonds is 4. The summed E-state index contributed by atoms with van der Waals surface area (Å²) in [6.45, 7) is 0. The Labute approximate surface area is 118 Å². The molecule has 0 aliphatic carbocycles. The van der Waals surface area contributed by atoms with E-state index in [4.69, 9.17) is 11.8 Å². The summed E-state index contributed by atoms with van der Waals surface area (Å²) in [6, 6.07) is 10.2. The molecule has 94 valence electrons. The third-order valence-electron chi connectivity index (χ3n) is 2.48. The van der Waals surface area contributed by atoms with Gasteiger partial charge in [-0.15, -0.1) is 0 Å². The van der Waals surface area contributed by atoms with Crippen LogP contribution in [-0.2, 0) is 11.8 Å². The number of benzene rings is 1. The highest BCUT2D eigenvalue weighted by atomic mass is 79.9. The molecule has 0 radical (unpaired) electrons. The Morgan fingerprint density at radius 3 is 2.00 bits per heavy atom. The van der Waals surface area contributed by atoms with E-state index in [9.17, 15) is 0 Å². The Kier molecular flexibility index (Phi) is 5.55. The van der Waals surface area contributed by atoms with Crippen molar-refractivity contribution in [2.45, 2.75) is 0 Å². The quantitative estimate of drug-likeness (QED) is 0.774. The molecule has 1 rings (SSSR count). The second-order valence-corrected chi connectivity index (χ2v) is 9.63. The van der Waals surface area contributed by atoms with Crippen LogP contribution < -0.4 is 0 Å². The molecule has 17 heavy (non-hydrogen) atoms. The van der Waals surface area contributed by atoms with Crippen LogP contribution in [0.5, 0.6) is 0 Å². The van der Waals surface area contributed by atoms with Crippen LogP contribution in [0.4, 0.5) is 0 Å². The first kappa shape index (κ1) is 15.1. The second-order valence-electron chi connectivity index (χ2n) is 4.13. The van der Waals surface area contributed by atoms with Crippen LogP contribution in [0.25, 0.3) is 4.48 Å². The molecule has 0 fully saturated rings. The van der Waals surface area contributed by atoms with Crippen LogP contribution in [0, 0.1) is 0 Å². The molecule has 0 aliphatic rings. The molecule has 0 atom stereocenters. The van der Waals surface area contributed by atoms with Crippen LogP contribution in [0.3, 0.4) is 0 Å². The van der Waals surface area contributed by atoms with Crippen LogP contribution in [-0.4, -0.2) is 37.5 Å². The van der Waals surface area contributed by atoms with Gasteiger partial charge in [-0.3, -0.25) is 9.34 Å². The van der Waals surface area contributed by atoms with E-state index in [1.807, 2.05) is 46.4 Å². The summed E-state index contributed by atoms with van der Waals surface area (Å²) in [4.78, 5) is 0. The van der Waals surface area contributed by atoms with Crippen molar-refractivity contribution in [3.05, 3.63) is 41.7 Å². The van der Waals surface area contributed by atoms with Gasteiger partial charge in [-0.25, -0.2) is 0 Å². The van der Waals surface area contributed by atoms with Gasteiger partial charge in [-0.05, 0) is 39.6 Å². The second kappa shape index (κ2) is 6.26. The van der Waals surface area contributed by atoms with Crippen molar-refractivity contribution in [2.24, 2.45) is 0 Å². The van der Waals surface area contributed by atoms with Crippen LogP contribution >= 0.6 is 22.3 Å². The van der Waals surface area contributed by atoms with E-state index in [-0.39, 0.29) is 0 Å². The van der Waals surface area contributed by atoms with Gasteiger partial charge >= 0.3 is 0 Å². The summed E-state index contributed by atoms with van der Waals surface area (Å²) in [6.07, 6.45) is -1.79. The van der Waals surface area contributed by atoms with Gasteiger partial charge in [0.25, 0.3) is 0 Å². The monoisotopic (exact) mass is 332 g/mol. The lowest BCUT2D eigenvalue weighted by molar-refractivity contribution is 0.581. The predicted octanol–water partition coefficient (Wildman–Crippen LogP) is 3.81. The van der Waals surface area contributed by atoms with Crippen molar-refractivity contribution in [1.82, 2.24) is 9.34 Å². The van der Waals surface area contributed by atoms with Gasteiger partial charge in [0.2, 0.25) is 0 Å². The van der Waals surface area contributed by atoms with Crippen molar-refractivity contribution in [2.75, 3.05) is 28.2 Å². The molecule has 0 amide bonds. The van der Waals surface area contributed by atoms with E-state index in [0.29, 0.717) is 0 Å². The molecule has 0 heterocycles. The Bertz CT molecular complexity index is 431. The lowest BCUT2D eigenvalue weighted by Gasteiger charge is -2.32. The molecule has 0 N–H and O–H groups in total. The molecule has 5 heteroatoms. The SMILES string of the molecule is CN(C)P(=S)(/C=C(/Br)c1ccccc1)N(C)C. The largest absolute Gasteiger partial charge is 0.267 e. The summed E-state index contributed by atoms with van der Waals surface area (Å²) in [7, 11) is 8.12. The number of hydrogen-bond donors (Lipinski definition) is 0. The van der Waals surface area contributed by atoms with E-state index in [2.05, 4.69) is 43.2 Å². The minimum absolute atomic E-state index is 1.06. The number of nitrogens with zero attached hydrogens (tertiary/aromatic N) is 2. The maximum absolute atomic E-state index is 5.78. The Balaban J connectivity index is 3.13. The van der Waals surface area contributed by atoms with Gasteiger partial charge in [0.05, 0.1) is 6.34 Å². The highest BCUT2D eigenvalue weighted by Crippen LogP contribution is 2.53. The first-order valence-electron chi connectivity index (χ1n) is 5.27. The summed E-state index contributed by atoms with van der Waals surface area (Å²) in [5.41, 5.74) is 1.16. The maximum Gasteiger partial charge on any atom is 0.0996 e. The lowest BCUT2D eigenvalue weighted by atomic mass is 10.2. The summed E-state index contributed by atoms with van der Waals surface area (Å²) in [5.74, 6) is 2.15. The average Bonchev–Trinajstić information content (AvgIpc) is 2.29. The molecular formula is C12H18BrN2PS. The fraction of sp³-hybridized carbons (Fsp3) is 0.333. The summed E-state index contributed by atoms with van der Waals surface area (Å²) < 4.78 is 5.29. The number of hydrogen-bond acceptors (Lipinski definition) is 1. The van der Waals surface area contributed by atoms with Gasteiger partial charge in [0, 0.05) is 4.48 Å². The zero-order chi connectivity index (χ0) is 13.1. The van der Waals surface area contributed by atoms with Crippen molar-refractivity contribution in [3.63, 3.8) is 0 Å². The number of halogens is 1. The summed E-state index contributed by atoms with van der Waals surface area (Å²) in [5, 5.41) is 0. The van der Waals surface area contributed by atoms with Crippen molar-refractivity contribution >= 4 is 38.6 Å². The molecule has 0 aromatic heterocycles. The fourth-order valence-corrected chi connectivity index (χ4v) is 4.87. The molecule has 1 aromatic rings. The Morgan fingerprint density at radius 1 is 1.12 bits per heavy atom. The van der Waals surface area contributed by atoms with Crippen LogP contribution in [0.15, 0.2) is 36.1 Å². The third-order valence-corrected chi connectivity index (χ3v) is 8.68.